The van der Waals surface area contributed by atoms with Crippen LogP contribution in [0.3, 0.4) is 0 Å². The van der Waals surface area contributed by atoms with Crippen LogP contribution in [-0.4, -0.2) is 192 Å². The molecule has 0 spiro atoms. The number of sulfone groups is 1. The number of nitrogens with one attached hydrogen (secondary N) is 6. The van der Waals surface area contributed by atoms with Crippen LogP contribution < -0.4 is 36.6 Å². The minimum Gasteiger partial charge on any atom is -0.507 e. The number of rotatable bonds is 21. The standard InChI is InChI=1S/C27H31N3O7.C15H19N5O5S.C11H21NO4/c1-37-19-6-2-5-17-20(19)26(35)22-21(24(17)33)25(34)18-13-15(7-8-16(18)23(22)32)27(36)30-12-4-10-28-9-3-11-29-14-31;1-3-17-13(22)9-19-12(21)6-7-18-14(23)11-5-4-10(8-16)15(20-11)26(2,24)25;1-8-11(13)9(3-5-15-8)12-4-6-16-10(7-12)14-2/h2,5-6,14-15,28,32,34H,3-4,7-13H2,1H3,(H,29,31)(H,30,36);4-5H,3,6-7,9H2,1-2H3,(H,17,22)(H,18,23)(H,19,21);8-11,13H,3-7H2,1-2H3. The van der Waals surface area contributed by atoms with E-state index in [2.05, 4.69) is 41.8 Å². The van der Waals surface area contributed by atoms with Crippen LogP contribution in [0.1, 0.15) is 105 Å². The molecule has 3 aromatic rings. The van der Waals surface area contributed by atoms with Crippen LogP contribution in [0.15, 0.2) is 35.4 Å². The zero-order chi connectivity index (χ0) is 57.8. The number of carbonyl (C=O) groups excluding carboxylic acids is 7. The molecule has 2 aliphatic carbocycles. The molecular weight excluding hydrogens is 1050 g/mol. The van der Waals surface area contributed by atoms with E-state index in [9.17, 15) is 57.3 Å². The number of aromatic nitrogens is 1. The summed E-state index contributed by atoms with van der Waals surface area (Å²) in [5, 5.41) is 56.8. The van der Waals surface area contributed by atoms with E-state index < -0.39 is 50.3 Å². The number of ether oxygens (including phenoxy) is 4. The number of aliphatic hydroxyl groups excluding tert-OH is 1. The van der Waals surface area contributed by atoms with Crippen molar-refractivity contribution in [2.45, 2.75) is 88.4 Å². The van der Waals surface area contributed by atoms with E-state index in [0.717, 1.165) is 58.3 Å². The van der Waals surface area contributed by atoms with Crippen LogP contribution in [0.5, 0.6) is 17.2 Å². The van der Waals surface area contributed by atoms with Crippen molar-refractivity contribution in [3.05, 3.63) is 75.0 Å². The van der Waals surface area contributed by atoms with Gasteiger partial charge in [0.1, 0.15) is 29.0 Å². The fourth-order valence-electron chi connectivity index (χ4n) is 9.38. The summed E-state index contributed by atoms with van der Waals surface area (Å²) in [5.41, 5.74) is 0.116. The smallest absolute Gasteiger partial charge is 0.269 e. The summed E-state index contributed by atoms with van der Waals surface area (Å²) < 4.78 is 44.6. The lowest BCUT2D eigenvalue weighted by atomic mass is 9.75. The number of likely N-dealkylation sites (N-methyl/N-ethyl adjacent to an activating group) is 1. The summed E-state index contributed by atoms with van der Waals surface area (Å²) >= 11 is 0. The second-order valence-electron chi connectivity index (χ2n) is 18.8. The first kappa shape index (κ1) is 62.7. The molecule has 0 saturated carbocycles. The topological polar surface area (TPSA) is 363 Å². The predicted octanol–water partition coefficient (Wildman–Crippen LogP) is -0.223. The van der Waals surface area contributed by atoms with E-state index in [1.54, 1.807) is 32.2 Å². The highest BCUT2D eigenvalue weighted by atomic mass is 32.2. The van der Waals surface area contributed by atoms with Gasteiger partial charge < -0.3 is 66.2 Å². The van der Waals surface area contributed by atoms with Gasteiger partial charge in [0.15, 0.2) is 26.9 Å². The number of pyridine rings is 1. The van der Waals surface area contributed by atoms with E-state index in [0.29, 0.717) is 50.2 Å². The first-order valence-electron chi connectivity index (χ1n) is 25.9. The molecule has 3 heterocycles. The number of nitriles is 1. The summed E-state index contributed by atoms with van der Waals surface area (Å²) in [6.45, 7) is 9.49. The molecule has 2 aromatic carbocycles. The first-order valence-corrected chi connectivity index (χ1v) is 27.8. The zero-order valence-corrected chi connectivity index (χ0v) is 45.8. The molecule has 1 aromatic heterocycles. The molecule has 25 nitrogen and oxygen atoms in total. The van der Waals surface area contributed by atoms with Crippen molar-refractivity contribution < 1.29 is 76.2 Å². The largest absolute Gasteiger partial charge is 0.507 e. The third-order valence-electron chi connectivity index (χ3n) is 13.5. The van der Waals surface area contributed by atoms with Gasteiger partial charge in [0.25, 0.3) is 5.91 Å². The minimum atomic E-state index is -3.77. The van der Waals surface area contributed by atoms with Crippen molar-refractivity contribution in [1.29, 1.82) is 5.26 Å². The minimum absolute atomic E-state index is 0.0318. The fourth-order valence-corrected chi connectivity index (χ4v) is 10.2. The van der Waals surface area contributed by atoms with Gasteiger partial charge in [0, 0.05) is 94.3 Å². The van der Waals surface area contributed by atoms with Crippen molar-refractivity contribution >= 4 is 51.4 Å². The van der Waals surface area contributed by atoms with Gasteiger partial charge in [-0.25, -0.2) is 13.4 Å². The van der Waals surface area contributed by atoms with Gasteiger partial charge in [-0.2, -0.15) is 5.26 Å². The second kappa shape index (κ2) is 30.3. The molecule has 26 heteroatoms. The number of phenolic OH excluding ortho intramolecular Hbond substituents is 2. The Morgan fingerprint density at radius 1 is 0.886 bits per heavy atom. The van der Waals surface area contributed by atoms with E-state index in [-0.39, 0.29) is 113 Å². The number of nitrogens with zero attached hydrogens (tertiary/aromatic N) is 3. The number of ketones is 2. The van der Waals surface area contributed by atoms with Gasteiger partial charge in [-0.1, -0.05) is 12.1 Å². The molecule has 9 N–H and O–H groups in total. The number of aromatic hydroxyl groups is 2. The normalized spacial score (nSPS) is 19.4. The Balaban J connectivity index is 0.000000237. The fraction of sp³-hybridized carbons (Fsp3) is 0.528. The van der Waals surface area contributed by atoms with Crippen LogP contribution in [-0.2, 0) is 56.1 Å². The molecular formula is C53H71N9O16S. The maximum atomic E-state index is 13.3. The van der Waals surface area contributed by atoms with Gasteiger partial charge >= 0.3 is 0 Å². The maximum absolute atomic E-state index is 13.3. The zero-order valence-electron chi connectivity index (χ0n) is 45.0. The maximum Gasteiger partial charge on any atom is 0.269 e. The van der Waals surface area contributed by atoms with E-state index >= 15 is 0 Å². The summed E-state index contributed by atoms with van der Waals surface area (Å²) in [4.78, 5) is 90.4. The predicted molar refractivity (Wildman–Crippen MR) is 283 cm³/mol. The summed E-state index contributed by atoms with van der Waals surface area (Å²) in [6.07, 6.45) is 4.14. The Bertz CT molecular complexity index is 2840. The molecule has 0 radical (unpaired) electrons. The highest BCUT2D eigenvalue weighted by Crippen LogP contribution is 2.47. The lowest BCUT2D eigenvalue weighted by molar-refractivity contribution is -0.190. The Morgan fingerprint density at radius 3 is 2.29 bits per heavy atom. The summed E-state index contributed by atoms with van der Waals surface area (Å²) in [7, 11) is -0.728. The quantitative estimate of drug-likeness (QED) is 0.0296. The van der Waals surface area contributed by atoms with E-state index in [1.165, 1.54) is 25.3 Å². The van der Waals surface area contributed by atoms with Gasteiger partial charge in [-0.3, -0.25) is 38.5 Å². The van der Waals surface area contributed by atoms with Gasteiger partial charge in [-0.05, 0) is 83.7 Å². The van der Waals surface area contributed by atoms with Crippen LogP contribution >= 0.6 is 0 Å². The lowest BCUT2D eigenvalue weighted by Gasteiger charge is -2.43. The Morgan fingerprint density at radius 2 is 1.61 bits per heavy atom. The second-order valence-corrected chi connectivity index (χ2v) is 20.8. The molecule has 5 unspecified atom stereocenters. The Kier molecular flexibility index (Phi) is 24.1. The highest BCUT2D eigenvalue weighted by molar-refractivity contribution is 7.90. The highest BCUT2D eigenvalue weighted by Gasteiger charge is 2.41. The van der Waals surface area contributed by atoms with Crippen LogP contribution in [0.2, 0.25) is 0 Å². The van der Waals surface area contributed by atoms with Crippen molar-refractivity contribution in [3.8, 4) is 23.3 Å². The number of methoxy groups -OCH3 is 2. The number of carbonyl (C=O) groups is 7. The monoisotopic (exact) mass is 1120 g/mol. The molecule has 430 valence electrons. The van der Waals surface area contributed by atoms with Gasteiger partial charge in [0.2, 0.25) is 29.9 Å². The SMILES string of the molecule is CCNC(=O)CNC(=O)CCNC(=O)c1ccc(C#N)c(S(C)(=O)=O)n1.COC1CN(C2CCOC(C)C2O)CCO1.COc1cccc2c1C(=O)c1c(O)c3c(c(O)c1C2=O)CC(C(=O)NCCCNCCCNC=O)CC3. The number of hydrogen-bond acceptors (Lipinski definition) is 20. The number of hydrogen-bond donors (Lipinski definition) is 9. The van der Waals surface area contributed by atoms with Gasteiger partial charge in [-0.15, -0.1) is 0 Å². The third kappa shape index (κ3) is 16.7. The molecule has 5 atom stereocenters. The summed E-state index contributed by atoms with van der Waals surface area (Å²) in [6, 6.07) is 8.93. The number of benzene rings is 2. The number of aliphatic hydroxyl groups is 1. The number of amides is 5. The average molecular weight is 1120 g/mol. The average Bonchev–Trinajstić information content (AvgIpc) is 3.60. The molecule has 0 bridgehead atoms. The molecule has 79 heavy (non-hydrogen) atoms. The Hall–Kier alpha value is -7.12. The molecule has 5 amide bonds. The van der Waals surface area contributed by atoms with Crippen molar-refractivity contribution in [1.82, 2.24) is 41.8 Å². The van der Waals surface area contributed by atoms with Crippen molar-refractivity contribution in [3.63, 3.8) is 0 Å². The summed E-state index contributed by atoms with van der Waals surface area (Å²) in [5.74, 6) is -3.61. The van der Waals surface area contributed by atoms with Crippen LogP contribution in [0, 0.1) is 17.2 Å². The van der Waals surface area contributed by atoms with E-state index in [1.807, 2.05) is 6.92 Å². The number of phenols is 2. The van der Waals surface area contributed by atoms with Crippen molar-refractivity contribution in [2.75, 3.05) is 92.6 Å². The van der Waals surface area contributed by atoms with Gasteiger partial charge in [0.05, 0.1) is 54.7 Å². The molecule has 4 aliphatic rings. The Labute approximate surface area is 458 Å². The molecule has 2 aliphatic heterocycles. The van der Waals surface area contributed by atoms with Crippen molar-refractivity contribution in [2.24, 2.45) is 5.92 Å². The number of fused-ring (bicyclic) bond motifs is 3. The van der Waals surface area contributed by atoms with Crippen LogP contribution in [0.25, 0.3) is 0 Å². The van der Waals surface area contributed by atoms with E-state index in [4.69, 9.17) is 24.2 Å². The number of morpholine rings is 1. The molecule has 2 fully saturated rings. The van der Waals surface area contributed by atoms with Crippen LogP contribution in [0.4, 0.5) is 0 Å². The molecule has 7 rings (SSSR count). The third-order valence-corrected chi connectivity index (χ3v) is 14.5. The lowest BCUT2D eigenvalue weighted by Crippen LogP contribution is -2.57. The first-order chi connectivity index (χ1) is 37.8. The molecule has 2 saturated heterocycles.